The van der Waals surface area contributed by atoms with E-state index in [4.69, 9.17) is 31.0 Å². The smallest absolute Gasteiger partial charge is 0.220 e. The minimum Gasteiger partial charge on any atom is -0.471 e. The number of hydrogen-bond acceptors (Lipinski definition) is 12. The number of hydrogen-bond donors (Lipinski definition) is 4. The number of halogens is 1. The van der Waals surface area contributed by atoms with Gasteiger partial charge in [-0.1, -0.05) is 89.5 Å². The number of thiazole rings is 2. The number of pyridine rings is 2. The number of aromatic nitrogens is 4. The van der Waals surface area contributed by atoms with Gasteiger partial charge in [0.05, 0.1) is 29.3 Å². The molecule has 0 saturated heterocycles. The Hall–Kier alpha value is -5.25. The fraction of sp³-hybridized carbons (Fsp3) is 0.538. The van der Waals surface area contributed by atoms with Crippen LogP contribution in [0.2, 0.25) is 5.02 Å². The van der Waals surface area contributed by atoms with Crippen molar-refractivity contribution in [2.24, 2.45) is 11.8 Å². The predicted molar refractivity (Wildman–Crippen MR) is 323 cm³/mol. The summed E-state index contributed by atoms with van der Waals surface area (Å²) in [7, 11) is 0. The fourth-order valence-corrected chi connectivity index (χ4v) is 12.9. The Bertz CT molecular complexity index is 2870. The highest BCUT2D eigenvalue weighted by Crippen LogP contribution is 2.52. The Kier molecular flexibility index (Phi) is 21.8. The number of benzene rings is 2. The molecular formula is C65H85ClN6O6S2. The van der Waals surface area contributed by atoms with Crippen LogP contribution in [0.5, 0.6) is 11.8 Å². The van der Waals surface area contributed by atoms with Crippen molar-refractivity contribution in [1.82, 2.24) is 30.6 Å². The lowest BCUT2D eigenvalue weighted by molar-refractivity contribution is -0.123. The maximum atomic E-state index is 12.4. The molecule has 10 rings (SSSR count). The highest BCUT2D eigenvalue weighted by molar-refractivity contribution is 7.13. The first-order valence-corrected chi connectivity index (χ1v) is 31.5. The fourth-order valence-electron chi connectivity index (χ4n) is 11.7. The van der Waals surface area contributed by atoms with Crippen molar-refractivity contribution in [3.63, 3.8) is 0 Å². The lowest BCUT2D eigenvalue weighted by Crippen LogP contribution is -2.48. The molecule has 6 atom stereocenters. The molecule has 4 aromatic heterocycles. The predicted octanol–water partition coefficient (Wildman–Crippen LogP) is 13.9. The van der Waals surface area contributed by atoms with Gasteiger partial charge in [0.25, 0.3) is 0 Å². The van der Waals surface area contributed by atoms with Gasteiger partial charge in [0.2, 0.25) is 23.6 Å². The van der Waals surface area contributed by atoms with E-state index < -0.39 is 12.2 Å². The van der Waals surface area contributed by atoms with Crippen LogP contribution in [-0.4, -0.2) is 77.5 Å². The zero-order valence-corrected chi connectivity index (χ0v) is 50.5. The Balaban J connectivity index is 0.000000191. The quantitative estimate of drug-likeness (QED) is 0.0544. The van der Waals surface area contributed by atoms with Gasteiger partial charge in [-0.15, -0.1) is 22.7 Å². The second kappa shape index (κ2) is 28.6. The van der Waals surface area contributed by atoms with Crippen molar-refractivity contribution in [1.29, 1.82) is 0 Å². The standard InChI is InChI=1S/C32H41N3O3S.C29H39ClN2O3.C4H5NS/c1-4-29(37)35-27(18-22-6-8-24(9-7-22)31-33-14-15-39-31)28(36)11-10-25-19-32(12-5-13-32)38-30-26(25)17-23(20-34-30)16-21(2)3;1-4-27(34)32-25(16-20-6-9-23(30)10-7-20)26(33)11-8-22-17-29(12-5-13-29)35-28-24(22)15-21(18-31-28)14-19(2)3;1-4-5-2-3-6-4/h6-9,14-15,17,20-21,25,27-28,36H,4-5,10-13,16,18-19H2,1-3H3,(H,35,37);6-7,9-10,15,18-19,22,25-26,33H,4-5,8,11-14,16-17H2,1-3H3,(H,32,34);2-3H,1H3/t25-,27-,28+;22-,25-,26+;/m00./s1. The van der Waals surface area contributed by atoms with Gasteiger partial charge in [0.1, 0.15) is 16.2 Å². The maximum absolute atomic E-state index is 12.4. The van der Waals surface area contributed by atoms with Crippen molar-refractivity contribution >= 4 is 46.1 Å². The number of aliphatic hydroxyl groups excluding tert-OH is 2. The zero-order chi connectivity index (χ0) is 56.8. The number of carbonyl (C=O) groups is 2. The summed E-state index contributed by atoms with van der Waals surface area (Å²) in [5.74, 6) is 3.19. The molecule has 2 spiro atoms. The van der Waals surface area contributed by atoms with Crippen LogP contribution < -0.4 is 20.1 Å². The Morgan fingerprint density at radius 3 is 1.45 bits per heavy atom. The molecule has 2 aliphatic carbocycles. The second-order valence-electron chi connectivity index (χ2n) is 23.7. The number of carbonyl (C=O) groups excluding carboxylic acids is 2. The van der Waals surface area contributed by atoms with Gasteiger partial charge >= 0.3 is 0 Å². The third-order valence-corrected chi connectivity index (χ3v) is 18.1. The number of nitrogens with zero attached hydrogens (tertiary/aromatic N) is 4. The molecule has 2 aliphatic heterocycles. The van der Waals surface area contributed by atoms with E-state index in [9.17, 15) is 19.8 Å². The van der Waals surface area contributed by atoms with E-state index in [1.807, 2.05) is 74.4 Å². The highest BCUT2D eigenvalue weighted by Gasteiger charge is 2.47. The molecule has 0 unspecified atom stereocenters. The van der Waals surface area contributed by atoms with E-state index in [0.29, 0.717) is 67.2 Å². The zero-order valence-electron chi connectivity index (χ0n) is 48.1. The third-order valence-electron chi connectivity index (χ3n) is 16.3. The summed E-state index contributed by atoms with van der Waals surface area (Å²) in [5.41, 5.74) is 7.88. The van der Waals surface area contributed by atoms with Crippen molar-refractivity contribution in [3.8, 4) is 22.3 Å². The molecule has 15 heteroatoms. The van der Waals surface area contributed by atoms with Crippen molar-refractivity contribution in [2.45, 2.75) is 211 Å². The summed E-state index contributed by atoms with van der Waals surface area (Å²) in [4.78, 5) is 42.4. The van der Waals surface area contributed by atoms with E-state index in [-0.39, 0.29) is 35.1 Å². The van der Waals surface area contributed by atoms with Crippen LogP contribution in [0, 0.1) is 18.8 Å². The lowest BCUT2D eigenvalue weighted by atomic mass is 9.70. The summed E-state index contributed by atoms with van der Waals surface area (Å²) in [6.45, 7) is 14.6. The van der Waals surface area contributed by atoms with Crippen LogP contribution >= 0.6 is 34.3 Å². The topological polar surface area (TPSA) is 169 Å². The van der Waals surface area contributed by atoms with E-state index in [0.717, 1.165) is 103 Å². The Morgan fingerprint density at radius 1 is 0.637 bits per heavy atom. The lowest BCUT2D eigenvalue weighted by Gasteiger charge is -2.47. The molecule has 2 amide bonds. The molecule has 430 valence electrons. The van der Waals surface area contributed by atoms with Crippen molar-refractivity contribution < 1.29 is 29.3 Å². The van der Waals surface area contributed by atoms with Gasteiger partial charge in [0, 0.05) is 70.1 Å². The molecule has 0 bridgehead atoms. The molecule has 2 fully saturated rings. The molecule has 2 aromatic carbocycles. The first-order chi connectivity index (χ1) is 38.5. The maximum Gasteiger partial charge on any atom is 0.220 e. The average Bonchev–Trinajstić information content (AvgIpc) is 4.17. The third kappa shape index (κ3) is 16.9. The number of fused-ring (bicyclic) bond motifs is 2. The summed E-state index contributed by atoms with van der Waals surface area (Å²) in [6.07, 6.45) is 21.7. The van der Waals surface area contributed by atoms with E-state index >= 15 is 0 Å². The number of aryl methyl sites for hydroxylation is 1. The summed E-state index contributed by atoms with van der Waals surface area (Å²) in [6, 6.07) is 19.8. The molecule has 0 radical (unpaired) electrons. The number of aliphatic hydroxyl groups is 2. The monoisotopic (exact) mass is 1140 g/mol. The molecule has 2 saturated carbocycles. The minimum atomic E-state index is -0.644. The summed E-state index contributed by atoms with van der Waals surface area (Å²) < 4.78 is 12.9. The van der Waals surface area contributed by atoms with Crippen LogP contribution in [0.4, 0.5) is 0 Å². The number of ether oxygens (including phenoxy) is 2. The van der Waals surface area contributed by atoms with E-state index in [1.165, 1.54) is 35.1 Å². The molecule has 6 heterocycles. The van der Waals surface area contributed by atoms with Gasteiger partial charge in [0.15, 0.2) is 0 Å². The van der Waals surface area contributed by atoms with Crippen LogP contribution in [0.25, 0.3) is 10.6 Å². The minimum absolute atomic E-state index is 0.0363. The summed E-state index contributed by atoms with van der Waals surface area (Å²) in [5, 5.41) is 35.5. The number of nitrogens with one attached hydrogen (secondary N) is 2. The van der Waals surface area contributed by atoms with E-state index in [2.05, 4.69) is 84.7 Å². The number of amides is 2. The van der Waals surface area contributed by atoms with Gasteiger partial charge in [-0.3, -0.25) is 14.6 Å². The Labute approximate surface area is 488 Å². The number of rotatable bonds is 21. The van der Waals surface area contributed by atoms with Crippen molar-refractivity contribution in [3.05, 3.63) is 140 Å². The largest absolute Gasteiger partial charge is 0.471 e. The average molecular weight is 1150 g/mol. The van der Waals surface area contributed by atoms with Gasteiger partial charge in [-0.2, -0.15) is 0 Å². The summed E-state index contributed by atoms with van der Waals surface area (Å²) >= 11 is 9.32. The molecule has 12 nitrogen and oxygen atoms in total. The first-order valence-electron chi connectivity index (χ1n) is 29.4. The van der Waals surface area contributed by atoms with Crippen molar-refractivity contribution in [2.75, 3.05) is 0 Å². The highest BCUT2D eigenvalue weighted by atomic mass is 35.5. The molecule has 6 aromatic rings. The first kappa shape index (κ1) is 60.8. The molecule has 80 heavy (non-hydrogen) atoms. The van der Waals surface area contributed by atoms with Gasteiger partial charge < -0.3 is 30.3 Å². The van der Waals surface area contributed by atoms with Crippen LogP contribution in [-0.2, 0) is 35.3 Å². The van der Waals surface area contributed by atoms with Gasteiger partial charge in [-0.05, 0) is 180 Å². The molecule has 4 N–H and O–H groups in total. The second-order valence-corrected chi connectivity index (χ2v) is 26.1. The van der Waals surface area contributed by atoms with E-state index in [1.54, 1.807) is 28.9 Å². The van der Waals surface area contributed by atoms with Gasteiger partial charge in [-0.25, -0.2) is 15.0 Å². The van der Waals surface area contributed by atoms with Crippen LogP contribution in [0.1, 0.15) is 182 Å². The Morgan fingerprint density at radius 2 is 1.09 bits per heavy atom. The molecular weight excluding hydrogens is 1060 g/mol. The normalized spacial score (nSPS) is 18.8. The van der Waals surface area contributed by atoms with Crippen LogP contribution in [0.3, 0.4) is 0 Å². The SMILES string of the molecule is CCC(=O)N[C@@H](Cc1ccc(-c2nccs2)cc1)[C@H](O)CC[C@H]1CC2(CCC2)Oc2ncc(CC(C)C)cc21.CCC(=O)N[C@@H](Cc1ccc(Cl)cc1)[C@H](O)CC[C@H]1CC2(CCC2)Oc2ncc(CC(C)C)cc21.Cc1nccs1. The molecule has 4 aliphatic rings. The van der Waals surface area contributed by atoms with Crippen LogP contribution in [0.15, 0.2) is 96.2 Å².